The van der Waals surface area contributed by atoms with E-state index in [0.29, 0.717) is 25.4 Å². The van der Waals surface area contributed by atoms with Gasteiger partial charge in [-0.15, -0.1) is 0 Å². The molecule has 1 heterocycles. The second kappa shape index (κ2) is 9.18. The van der Waals surface area contributed by atoms with Crippen LogP contribution in [0.1, 0.15) is 30.9 Å². The molecule has 0 aromatic heterocycles. The van der Waals surface area contributed by atoms with Crippen LogP contribution in [-0.4, -0.2) is 46.4 Å². The highest BCUT2D eigenvalue weighted by atomic mass is 32.2. The number of hydrogen-bond donors (Lipinski definition) is 1. The summed E-state index contributed by atoms with van der Waals surface area (Å²) in [6, 6.07) is 16.4. The maximum absolute atomic E-state index is 13.1. The van der Waals surface area contributed by atoms with Crippen LogP contribution in [0.3, 0.4) is 0 Å². The van der Waals surface area contributed by atoms with Crippen molar-refractivity contribution in [3.05, 3.63) is 65.7 Å². The van der Waals surface area contributed by atoms with E-state index in [1.165, 1.54) is 9.87 Å². The largest absolute Gasteiger partial charge is 0.381 e. The van der Waals surface area contributed by atoms with Gasteiger partial charge in [0.2, 0.25) is 15.9 Å². The second-order valence-corrected chi connectivity index (χ2v) is 9.91. The number of carbonyl (C=O) groups is 1. The molecule has 1 saturated heterocycles. The first-order valence-electron chi connectivity index (χ1n) is 10.2. The van der Waals surface area contributed by atoms with Crippen LogP contribution < -0.4 is 9.62 Å². The van der Waals surface area contributed by atoms with Gasteiger partial charge in [-0.1, -0.05) is 42.5 Å². The lowest BCUT2D eigenvalue weighted by molar-refractivity contribution is -0.122. The summed E-state index contributed by atoms with van der Waals surface area (Å²) in [5.74, 6) is -0.316. The number of aryl methyl sites for hydroxylation is 1. The van der Waals surface area contributed by atoms with Gasteiger partial charge in [-0.05, 0) is 49.9 Å². The fourth-order valence-electron chi connectivity index (χ4n) is 4.10. The number of nitrogens with one attached hydrogen (secondary N) is 1. The number of ether oxygens (including phenoxy) is 1. The zero-order valence-electron chi connectivity index (χ0n) is 17.8. The van der Waals surface area contributed by atoms with E-state index >= 15 is 0 Å². The lowest BCUT2D eigenvalue weighted by Gasteiger charge is -2.38. The van der Waals surface area contributed by atoms with Gasteiger partial charge in [0.15, 0.2) is 0 Å². The van der Waals surface area contributed by atoms with Crippen molar-refractivity contribution in [3.63, 3.8) is 0 Å². The lowest BCUT2D eigenvalue weighted by Crippen LogP contribution is -2.51. The van der Waals surface area contributed by atoms with Crippen molar-refractivity contribution >= 4 is 21.6 Å². The van der Waals surface area contributed by atoms with Crippen molar-refractivity contribution in [1.82, 2.24) is 5.32 Å². The molecular weight excluding hydrogens is 400 g/mol. The standard InChI is InChI=1S/C23H30N2O4S/c1-18-8-7-11-21(16-18)25(30(3,27)28)19(2)22(26)24-17-23(12-14-29-15-13-23)20-9-5-4-6-10-20/h4-11,16,19H,12-15,17H2,1-3H3,(H,24,26)/t19-/m1/s1. The van der Waals surface area contributed by atoms with Gasteiger partial charge in [0.25, 0.3) is 0 Å². The van der Waals surface area contributed by atoms with E-state index in [-0.39, 0.29) is 11.3 Å². The molecule has 1 fully saturated rings. The van der Waals surface area contributed by atoms with Crippen LogP contribution in [0.2, 0.25) is 0 Å². The van der Waals surface area contributed by atoms with Crippen LogP contribution in [0.5, 0.6) is 0 Å². The molecule has 0 saturated carbocycles. The number of rotatable bonds is 7. The third kappa shape index (κ3) is 5.02. The topological polar surface area (TPSA) is 75.7 Å². The maximum Gasteiger partial charge on any atom is 0.243 e. The third-order valence-corrected chi connectivity index (χ3v) is 7.02. The SMILES string of the molecule is Cc1cccc(N([C@H](C)C(=O)NCC2(c3ccccc3)CCOCC2)S(C)(=O)=O)c1. The smallest absolute Gasteiger partial charge is 0.243 e. The summed E-state index contributed by atoms with van der Waals surface area (Å²) in [5.41, 5.74) is 2.37. The first-order chi connectivity index (χ1) is 14.2. The Balaban J connectivity index is 1.81. The van der Waals surface area contributed by atoms with Crippen LogP contribution >= 0.6 is 0 Å². The van der Waals surface area contributed by atoms with Gasteiger partial charge < -0.3 is 10.1 Å². The zero-order chi connectivity index (χ0) is 21.8. The van der Waals surface area contributed by atoms with Gasteiger partial charge in [0.05, 0.1) is 11.9 Å². The Bertz CT molecular complexity index is 970. The van der Waals surface area contributed by atoms with Gasteiger partial charge in [-0.3, -0.25) is 9.10 Å². The van der Waals surface area contributed by atoms with E-state index in [9.17, 15) is 13.2 Å². The van der Waals surface area contributed by atoms with Crippen LogP contribution in [-0.2, 0) is 25.0 Å². The molecule has 1 atom stereocenters. The summed E-state index contributed by atoms with van der Waals surface area (Å²) < 4.78 is 31.8. The molecule has 1 aliphatic rings. The molecule has 0 bridgehead atoms. The number of anilines is 1. The summed E-state index contributed by atoms with van der Waals surface area (Å²) >= 11 is 0. The molecule has 2 aromatic rings. The number of sulfonamides is 1. The van der Waals surface area contributed by atoms with Crippen LogP contribution in [0.15, 0.2) is 54.6 Å². The van der Waals surface area contributed by atoms with Gasteiger partial charge >= 0.3 is 0 Å². The molecule has 30 heavy (non-hydrogen) atoms. The molecular formula is C23H30N2O4S. The lowest BCUT2D eigenvalue weighted by atomic mass is 9.74. The van der Waals surface area contributed by atoms with Crippen molar-refractivity contribution in [2.75, 3.05) is 30.3 Å². The predicted molar refractivity (Wildman–Crippen MR) is 119 cm³/mol. The third-order valence-electron chi connectivity index (χ3n) is 5.78. The van der Waals surface area contributed by atoms with Crippen molar-refractivity contribution in [2.45, 2.75) is 38.1 Å². The molecule has 0 unspecified atom stereocenters. The first-order valence-corrected chi connectivity index (χ1v) is 12.0. The van der Waals surface area contributed by atoms with E-state index < -0.39 is 16.1 Å². The van der Waals surface area contributed by atoms with Crippen LogP contribution in [0, 0.1) is 6.92 Å². The van der Waals surface area contributed by atoms with Crippen LogP contribution in [0.4, 0.5) is 5.69 Å². The zero-order valence-corrected chi connectivity index (χ0v) is 18.6. The Morgan fingerprint density at radius 1 is 1.13 bits per heavy atom. The average Bonchev–Trinajstić information content (AvgIpc) is 2.72. The molecule has 1 amide bonds. The highest BCUT2D eigenvalue weighted by Crippen LogP contribution is 2.34. The summed E-state index contributed by atoms with van der Waals surface area (Å²) in [5, 5.41) is 3.03. The van der Waals surface area contributed by atoms with Gasteiger partial charge in [0, 0.05) is 25.2 Å². The first kappa shape index (κ1) is 22.3. The molecule has 1 aliphatic heterocycles. The fourth-order valence-corrected chi connectivity index (χ4v) is 5.27. The highest BCUT2D eigenvalue weighted by Gasteiger charge is 2.36. The summed E-state index contributed by atoms with van der Waals surface area (Å²) in [6.45, 7) is 5.23. The van der Waals surface area contributed by atoms with E-state index in [2.05, 4.69) is 17.4 Å². The van der Waals surface area contributed by atoms with Gasteiger partial charge in [-0.2, -0.15) is 0 Å². The normalized spacial score (nSPS) is 17.2. The Labute approximate surface area is 179 Å². The number of benzene rings is 2. The van der Waals surface area contributed by atoms with Crippen molar-refractivity contribution in [2.24, 2.45) is 0 Å². The summed E-state index contributed by atoms with van der Waals surface area (Å²) in [7, 11) is -3.64. The average molecular weight is 431 g/mol. The fraction of sp³-hybridized carbons (Fsp3) is 0.435. The van der Waals surface area contributed by atoms with E-state index in [0.717, 1.165) is 24.7 Å². The number of hydrogen-bond acceptors (Lipinski definition) is 4. The Kier molecular flexibility index (Phi) is 6.83. The number of amides is 1. The van der Waals surface area contributed by atoms with E-state index in [1.54, 1.807) is 25.1 Å². The molecule has 1 N–H and O–H groups in total. The molecule has 7 heteroatoms. The van der Waals surface area contributed by atoms with Gasteiger partial charge in [0.1, 0.15) is 6.04 Å². The van der Waals surface area contributed by atoms with Crippen molar-refractivity contribution in [1.29, 1.82) is 0 Å². The molecule has 0 radical (unpaired) electrons. The second-order valence-electron chi connectivity index (χ2n) is 8.05. The number of nitrogens with zero attached hydrogens (tertiary/aromatic N) is 1. The molecule has 2 aromatic carbocycles. The molecule has 0 aliphatic carbocycles. The number of carbonyl (C=O) groups excluding carboxylic acids is 1. The minimum atomic E-state index is -3.64. The van der Waals surface area contributed by atoms with Crippen molar-refractivity contribution in [3.8, 4) is 0 Å². The minimum absolute atomic E-state index is 0.214. The molecule has 6 nitrogen and oxygen atoms in total. The van der Waals surface area contributed by atoms with Gasteiger partial charge in [-0.25, -0.2) is 8.42 Å². The highest BCUT2D eigenvalue weighted by molar-refractivity contribution is 7.92. The minimum Gasteiger partial charge on any atom is -0.381 e. The molecule has 0 spiro atoms. The van der Waals surface area contributed by atoms with Crippen LogP contribution in [0.25, 0.3) is 0 Å². The Morgan fingerprint density at radius 3 is 2.40 bits per heavy atom. The van der Waals surface area contributed by atoms with E-state index in [1.807, 2.05) is 31.2 Å². The molecule has 162 valence electrons. The Hall–Kier alpha value is -2.38. The quantitative estimate of drug-likeness (QED) is 0.733. The maximum atomic E-state index is 13.1. The van der Waals surface area contributed by atoms with E-state index in [4.69, 9.17) is 4.74 Å². The Morgan fingerprint density at radius 2 is 1.80 bits per heavy atom. The predicted octanol–water partition coefficient (Wildman–Crippen LogP) is 3.01. The summed E-state index contributed by atoms with van der Waals surface area (Å²) in [4.78, 5) is 13.1. The molecule has 3 rings (SSSR count). The summed E-state index contributed by atoms with van der Waals surface area (Å²) in [6.07, 6.45) is 2.74. The van der Waals surface area contributed by atoms with Crippen molar-refractivity contribution < 1.29 is 17.9 Å². The monoisotopic (exact) mass is 430 g/mol.